The van der Waals surface area contributed by atoms with E-state index < -0.39 is 0 Å². The highest BCUT2D eigenvalue weighted by Crippen LogP contribution is 2.14. The second-order valence-electron chi connectivity index (χ2n) is 7.13. The van der Waals surface area contributed by atoms with Gasteiger partial charge in [-0.05, 0) is 63.5 Å². The molecule has 0 aliphatic carbocycles. The Morgan fingerprint density at radius 1 is 1.03 bits per heavy atom. The highest BCUT2D eigenvalue weighted by atomic mass is 35.5. The van der Waals surface area contributed by atoms with E-state index in [4.69, 9.17) is 11.6 Å². The summed E-state index contributed by atoms with van der Waals surface area (Å²) in [6.07, 6.45) is 21.4. The highest BCUT2D eigenvalue weighted by molar-refractivity contribution is 6.30. The molecule has 2 heteroatoms. The average molecular weight is 420 g/mol. The van der Waals surface area contributed by atoms with E-state index in [-0.39, 0.29) is 6.04 Å². The summed E-state index contributed by atoms with van der Waals surface area (Å²) in [5.74, 6) is 0. The molecule has 0 heterocycles. The molecule has 0 fully saturated rings. The Kier molecular flexibility index (Phi) is 12.0. The van der Waals surface area contributed by atoms with Crippen molar-refractivity contribution in [3.63, 3.8) is 0 Å². The molecule has 0 aliphatic rings. The molecule has 1 aromatic rings. The van der Waals surface area contributed by atoms with Crippen molar-refractivity contribution in [2.75, 3.05) is 0 Å². The molecule has 0 spiro atoms. The lowest BCUT2D eigenvalue weighted by Gasteiger charge is -2.15. The number of allylic oxidation sites excluding steroid dienone is 11. The van der Waals surface area contributed by atoms with E-state index in [2.05, 4.69) is 63.5 Å². The van der Waals surface area contributed by atoms with Gasteiger partial charge in [0, 0.05) is 16.8 Å². The van der Waals surface area contributed by atoms with Crippen LogP contribution in [0.3, 0.4) is 0 Å². The van der Waals surface area contributed by atoms with Crippen molar-refractivity contribution in [2.45, 2.75) is 40.2 Å². The number of hydrogen-bond acceptors (Lipinski definition) is 1. The van der Waals surface area contributed by atoms with Crippen LogP contribution in [-0.2, 0) is 0 Å². The minimum atomic E-state index is 0.185. The molecular weight excluding hydrogens is 386 g/mol. The second-order valence-corrected chi connectivity index (χ2v) is 7.57. The summed E-state index contributed by atoms with van der Waals surface area (Å²) in [4.78, 5) is 0. The fourth-order valence-corrected chi connectivity index (χ4v) is 2.69. The Labute approximate surface area is 188 Å². The van der Waals surface area contributed by atoms with Crippen LogP contribution in [-0.4, -0.2) is 6.04 Å². The van der Waals surface area contributed by atoms with Crippen molar-refractivity contribution < 1.29 is 0 Å². The molecule has 0 saturated heterocycles. The minimum Gasteiger partial charge on any atom is -0.379 e. The predicted octanol–water partition coefficient (Wildman–Crippen LogP) is 8.37. The van der Waals surface area contributed by atoms with Crippen molar-refractivity contribution in [3.8, 4) is 0 Å². The second kappa shape index (κ2) is 14.3. The van der Waals surface area contributed by atoms with Gasteiger partial charge in [-0.1, -0.05) is 103 Å². The zero-order chi connectivity index (χ0) is 22.4. The van der Waals surface area contributed by atoms with E-state index in [1.165, 1.54) is 11.1 Å². The van der Waals surface area contributed by atoms with Gasteiger partial charge in [-0.25, -0.2) is 0 Å². The first-order chi connectivity index (χ1) is 14.3. The van der Waals surface area contributed by atoms with Gasteiger partial charge in [0.05, 0.1) is 0 Å². The van der Waals surface area contributed by atoms with Crippen LogP contribution in [0, 0.1) is 0 Å². The van der Waals surface area contributed by atoms with Gasteiger partial charge in [0.15, 0.2) is 0 Å². The van der Waals surface area contributed by atoms with E-state index >= 15 is 0 Å². The standard InChI is InChI=1S/C28H34ClN/c1-7-9-10-12-22(3)21-26(8-2)14-11-13-23(4)25(6)30-24(5)15-16-27-17-19-28(29)20-18-27/h7-20,25,30H,3,5,21H2,1-2,4,6H3/b9-7-,12-10-,14-11-,16-15+,23-13+,26-8+. The molecule has 30 heavy (non-hydrogen) atoms. The van der Waals surface area contributed by atoms with Gasteiger partial charge in [0.1, 0.15) is 0 Å². The molecule has 1 rings (SSSR count). The molecule has 0 aliphatic heterocycles. The fraction of sp³-hybridized carbons (Fsp3) is 0.214. The number of rotatable bonds is 11. The first kappa shape index (κ1) is 25.3. The highest BCUT2D eigenvalue weighted by Gasteiger charge is 2.02. The van der Waals surface area contributed by atoms with E-state index in [1.54, 1.807) is 0 Å². The van der Waals surface area contributed by atoms with Crippen LogP contribution in [0.15, 0.2) is 115 Å². The summed E-state index contributed by atoms with van der Waals surface area (Å²) in [6, 6.07) is 7.91. The number of halogens is 1. The fourth-order valence-electron chi connectivity index (χ4n) is 2.56. The maximum Gasteiger partial charge on any atom is 0.0445 e. The largest absolute Gasteiger partial charge is 0.379 e. The van der Waals surface area contributed by atoms with Gasteiger partial charge >= 0.3 is 0 Å². The van der Waals surface area contributed by atoms with E-state index in [0.717, 1.165) is 28.3 Å². The summed E-state index contributed by atoms with van der Waals surface area (Å²) >= 11 is 5.92. The van der Waals surface area contributed by atoms with Crippen LogP contribution in [0.2, 0.25) is 5.02 Å². The average Bonchev–Trinajstić information content (AvgIpc) is 2.72. The predicted molar refractivity (Wildman–Crippen MR) is 137 cm³/mol. The SMILES string of the molecule is C=C(/C=C\C=C/C)CC(/C=C\C=C(/C)C(C)NC(=C)/C=C/c1ccc(Cl)cc1)=C/C. The van der Waals surface area contributed by atoms with Gasteiger partial charge in [-0.2, -0.15) is 0 Å². The lowest BCUT2D eigenvalue weighted by Crippen LogP contribution is -2.25. The third-order valence-electron chi connectivity index (χ3n) is 4.54. The normalized spacial score (nSPS) is 14.3. The molecule has 0 aromatic heterocycles. The summed E-state index contributed by atoms with van der Waals surface area (Å²) < 4.78 is 0. The molecule has 0 saturated carbocycles. The molecule has 1 N–H and O–H groups in total. The molecule has 0 bridgehead atoms. The van der Waals surface area contributed by atoms with Gasteiger partial charge in [0.2, 0.25) is 0 Å². The van der Waals surface area contributed by atoms with Gasteiger partial charge in [-0.15, -0.1) is 0 Å². The third kappa shape index (κ3) is 10.7. The zero-order valence-corrected chi connectivity index (χ0v) is 19.4. The van der Waals surface area contributed by atoms with Crippen molar-refractivity contribution in [2.24, 2.45) is 0 Å². The molecule has 0 amide bonds. The maximum absolute atomic E-state index is 5.92. The maximum atomic E-state index is 5.92. The quantitative estimate of drug-likeness (QED) is 0.355. The molecule has 1 atom stereocenters. The zero-order valence-electron chi connectivity index (χ0n) is 18.7. The van der Waals surface area contributed by atoms with E-state index in [1.807, 2.05) is 67.6 Å². The monoisotopic (exact) mass is 419 g/mol. The Hall–Kier alpha value is -2.77. The first-order valence-corrected chi connectivity index (χ1v) is 10.6. The van der Waals surface area contributed by atoms with Crippen LogP contribution in [0.4, 0.5) is 0 Å². The Bertz CT molecular complexity index is 874. The molecule has 0 radical (unpaired) electrons. The molecule has 1 unspecified atom stereocenters. The lowest BCUT2D eigenvalue weighted by molar-refractivity contribution is 0.708. The molecule has 158 valence electrons. The van der Waals surface area contributed by atoms with Crippen LogP contribution >= 0.6 is 11.6 Å². The molecule has 1 nitrogen and oxygen atoms in total. The Morgan fingerprint density at radius 3 is 2.37 bits per heavy atom. The van der Waals surface area contributed by atoms with Crippen LogP contribution in [0.25, 0.3) is 6.08 Å². The topological polar surface area (TPSA) is 12.0 Å². The minimum absolute atomic E-state index is 0.185. The number of benzene rings is 1. The van der Waals surface area contributed by atoms with Gasteiger partial charge in [-0.3, -0.25) is 0 Å². The van der Waals surface area contributed by atoms with Crippen molar-refractivity contribution in [1.29, 1.82) is 0 Å². The van der Waals surface area contributed by atoms with E-state index in [0.29, 0.717) is 0 Å². The Morgan fingerprint density at radius 2 is 1.73 bits per heavy atom. The number of hydrogen-bond donors (Lipinski definition) is 1. The number of nitrogens with one attached hydrogen (secondary N) is 1. The van der Waals surface area contributed by atoms with E-state index in [9.17, 15) is 0 Å². The molecular formula is C28H34ClN. The smallest absolute Gasteiger partial charge is 0.0445 e. The third-order valence-corrected chi connectivity index (χ3v) is 4.79. The molecule has 1 aromatic carbocycles. The lowest BCUT2D eigenvalue weighted by atomic mass is 10.0. The Balaban J connectivity index is 2.59. The summed E-state index contributed by atoms with van der Waals surface area (Å²) in [5.41, 5.74) is 5.52. The summed E-state index contributed by atoms with van der Waals surface area (Å²) in [7, 11) is 0. The van der Waals surface area contributed by atoms with Crippen LogP contribution < -0.4 is 5.32 Å². The van der Waals surface area contributed by atoms with Gasteiger partial charge in [0.25, 0.3) is 0 Å². The van der Waals surface area contributed by atoms with Gasteiger partial charge < -0.3 is 5.32 Å². The van der Waals surface area contributed by atoms with Crippen LogP contribution in [0.1, 0.15) is 39.7 Å². The van der Waals surface area contributed by atoms with Crippen LogP contribution in [0.5, 0.6) is 0 Å². The van der Waals surface area contributed by atoms with Crippen molar-refractivity contribution in [1.82, 2.24) is 5.32 Å². The summed E-state index contributed by atoms with van der Waals surface area (Å²) in [6.45, 7) is 16.5. The van der Waals surface area contributed by atoms with Crippen molar-refractivity contribution >= 4 is 17.7 Å². The van der Waals surface area contributed by atoms with Crippen molar-refractivity contribution in [3.05, 3.63) is 125 Å². The summed E-state index contributed by atoms with van der Waals surface area (Å²) in [5, 5.41) is 4.16. The first-order valence-electron chi connectivity index (χ1n) is 10.2.